The molecule has 0 saturated carbocycles. The van der Waals surface area contributed by atoms with Gasteiger partial charge in [-0.3, -0.25) is 14.4 Å². The maximum absolute atomic E-state index is 13.4. The normalized spacial score (nSPS) is 12.1. The van der Waals surface area contributed by atoms with E-state index >= 15 is 0 Å². The van der Waals surface area contributed by atoms with Crippen LogP contribution in [0.2, 0.25) is 0 Å². The topological polar surface area (TPSA) is 104 Å². The number of rotatable bonds is 5. The fraction of sp³-hybridized carbons (Fsp3) is 0.222. The number of anilines is 1. The quantitative estimate of drug-likeness (QED) is 0.323. The predicted molar refractivity (Wildman–Crippen MR) is 108 cm³/mol. The second kappa shape index (κ2) is 9.19. The molecule has 164 valence electrons. The molecule has 0 radical (unpaired) electrons. The van der Waals surface area contributed by atoms with Crippen molar-refractivity contribution in [3.8, 4) is 6.07 Å². The van der Waals surface area contributed by atoms with Crippen LogP contribution < -0.4 is 10.6 Å². The smallest absolute Gasteiger partial charge is 0.338 e. The highest BCUT2D eigenvalue weighted by Gasteiger charge is 2.39. The second-order valence-electron chi connectivity index (χ2n) is 6.21. The molecule has 1 aromatic carbocycles. The van der Waals surface area contributed by atoms with E-state index in [9.17, 15) is 31.9 Å². The van der Waals surface area contributed by atoms with E-state index in [-0.39, 0.29) is 31.6 Å². The SMILES string of the molecule is CC(NC(=O)C(=O)c1c(Br)c(C(=O)Nc2ccc(F)c(C#N)c2)n(C)c1Br)C(F)(F)F. The minimum atomic E-state index is -4.75. The Bertz CT molecular complexity index is 1120. The summed E-state index contributed by atoms with van der Waals surface area (Å²) in [7, 11) is 1.36. The van der Waals surface area contributed by atoms with Gasteiger partial charge in [-0.05, 0) is 57.0 Å². The first kappa shape index (κ1) is 24.5. The number of alkyl halides is 3. The van der Waals surface area contributed by atoms with E-state index in [1.165, 1.54) is 17.7 Å². The third-order valence-corrected chi connectivity index (χ3v) is 5.80. The van der Waals surface area contributed by atoms with Gasteiger partial charge < -0.3 is 15.2 Å². The first-order chi connectivity index (χ1) is 14.3. The van der Waals surface area contributed by atoms with Gasteiger partial charge in [0.15, 0.2) is 0 Å². The van der Waals surface area contributed by atoms with Crippen molar-refractivity contribution in [2.45, 2.75) is 19.1 Å². The molecule has 13 heteroatoms. The fourth-order valence-electron chi connectivity index (χ4n) is 2.40. The molecule has 0 fully saturated rings. The molecule has 31 heavy (non-hydrogen) atoms. The third kappa shape index (κ3) is 5.13. The number of aromatic nitrogens is 1. The molecule has 2 rings (SSSR count). The van der Waals surface area contributed by atoms with Crippen LogP contribution in [-0.2, 0) is 11.8 Å². The molecule has 1 unspecified atom stereocenters. The Labute approximate surface area is 189 Å². The minimum absolute atomic E-state index is 0.0406. The van der Waals surface area contributed by atoms with Gasteiger partial charge in [-0.1, -0.05) is 0 Å². The van der Waals surface area contributed by atoms with Crippen molar-refractivity contribution in [2.24, 2.45) is 7.05 Å². The highest BCUT2D eigenvalue weighted by atomic mass is 79.9. The van der Waals surface area contributed by atoms with E-state index in [1.807, 2.05) is 0 Å². The zero-order valence-electron chi connectivity index (χ0n) is 15.7. The van der Waals surface area contributed by atoms with Crippen molar-refractivity contribution in [3.05, 3.63) is 49.9 Å². The van der Waals surface area contributed by atoms with E-state index in [4.69, 9.17) is 5.26 Å². The second-order valence-corrected chi connectivity index (χ2v) is 7.76. The van der Waals surface area contributed by atoms with Crippen LogP contribution in [0.15, 0.2) is 27.3 Å². The molecule has 0 bridgehead atoms. The highest BCUT2D eigenvalue weighted by Crippen LogP contribution is 2.33. The average molecular weight is 568 g/mol. The fourth-order valence-corrected chi connectivity index (χ4v) is 4.04. The summed E-state index contributed by atoms with van der Waals surface area (Å²) in [5.74, 6) is -4.40. The summed E-state index contributed by atoms with van der Waals surface area (Å²) < 4.78 is 52.4. The summed E-state index contributed by atoms with van der Waals surface area (Å²) in [5.41, 5.74) is -0.751. The molecule has 7 nitrogen and oxygen atoms in total. The molecule has 2 amide bonds. The number of halogens is 6. The van der Waals surface area contributed by atoms with Gasteiger partial charge in [0.05, 0.1) is 20.2 Å². The molecule has 0 aliphatic heterocycles. The van der Waals surface area contributed by atoms with Crippen LogP contribution in [0.25, 0.3) is 0 Å². The maximum Gasteiger partial charge on any atom is 0.408 e. The number of nitrogens with one attached hydrogen (secondary N) is 2. The number of nitriles is 1. The standard InChI is InChI=1S/C18H12Br2F4N4O3/c1-7(18(22,23)24)26-17(31)14(29)11-12(19)13(28(2)15(11)20)16(30)27-9-3-4-10(21)8(5-9)6-25/h3-5,7H,1-2H3,(H,26,31)(H,27,30). The van der Waals surface area contributed by atoms with Crippen molar-refractivity contribution < 1.29 is 31.9 Å². The molecular formula is C18H12Br2F4N4O3. The Morgan fingerprint density at radius 1 is 1.23 bits per heavy atom. The Kier molecular flexibility index (Phi) is 7.28. The molecule has 0 aliphatic rings. The van der Waals surface area contributed by atoms with Gasteiger partial charge in [-0.25, -0.2) is 4.39 Å². The van der Waals surface area contributed by atoms with Crippen LogP contribution in [0.4, 0.5) is 23.2 Å². The largest absolute Gasteiger partial charge is 0.408 e. The van der Waals surface area contributed by atoms with Gasteiger partial charge in [0.1, 0.15) is 23.6 Å². The van der Waals surface area contributed by atoms with Crippen LogP contribution in [0.3, 0.4) is 0 Å². The summed E-state index contributed by atoms with van der Waals surface area (Å²) in [6.07, 6.45) is -4.75. The number of carbonyl (C=O) groups is 3. The number of nitrogens with zero attached hydrogens (tertiary/aromatic N) is 2. The Morgan fingerprint density at radius 2 is 1.84 bits per heavy atom. The first-order valence-corrected chi connectivity index (χ1v) is 9.84. The average Bonchev–Trinajstić information content (AvgIpc) is 2.90. The van der Waals surface area contributed by atoms with E-state index < -0.39 is 35.6 Å². The van der Waals surface area contributed by atoms with Gasteiger partial charge in [0.25, 0.3) is 17.6 Å². The van der Waals surface area contributed by atoms with Crippen molar-refractivity contribution >= 4 is 55.1 Å². The predicted octanol–water partition coefficient (Wildman–Crippen LogP) is 4.06. The van der Waals surface area contributed by atoms with Crippen LogP contribution in [-0.4, -0.2) is 34.4 Å². The van der Waals surface area contributed by atoms with Crippen molar-refractivity contribution in [3.63, 3.8) is 0 Å². The third-order valence-electron chi connectivity index (χ3n) is 4.10. The number of carbonyl (C=O) groups excluding carboxylic acids is 3. The summed E-state index contributed by atoms with van der Waals surface area (Å²) in [6.45, 7) is 0.678. The zero-order valence-corrected chi connectivity index (χ0v) is 18.9. The van der Waals surface area contributed by atoms with Gasteiger partial charge in [0.2, 0.25) is 0 Å². The van der Waals surface area contributed by atoms with Crippen LogP contribution in [0.5, 0.6) is 0 Å². The van der Waals surface area contributed by atoms with Crippen LogP contribution in [0, 0.1) is 17.1 Å². The van der Waals surface area contributed by atoms with Crippen molar-refractivity contribution in [1.82, 2.24) is 9.88 Å². The number of hydrogen-bond donors (Lipinski definition) is 2. The van der Waals surface area contributed by atoms with E-state index in [0.29, 0.717) is 6.92 Å². The Balaban J connectivity index is 2.35. The molecule has 2 N–H and O–H groups in total. The lowest BCUT2D eigenvalue weighted by atomic mass is 10.1. The first-order valence-electron chi connectivity index (χ1n) is 8.26. The molecule has 0 aliphatic carbocycles. The summed E-state index contributed by atoms with van der Waals surface area (Å²) >= 11 is 6.08. The molecule has 1 aromatic heterocycles. The Morgan fingerprint density at radius 3 is 2.39 bits per heavy atom. The van der Waals surface area contributed by atoms with E-state index in [1.54, 1.807) is 11.4 Å². The number of amides is 2. The molecule has 1 heterocycles. The van der Waals surface area contributed by atoms with Crippen molar-refractivity contribution in [2.75, 3.05) is 5.32 Å². The van der Waals surface area contributed by atoms with Gasteiger partial charge in [-0.2, -0.15) is 18.4 Å². The lowest BCUT2D eigenvalue weighted by Gasteiger charge is -2.16. The number of hydrogen-bond acceptors (Lipinski definition) is 4. The monoisotopic (exact) mass is 566 g/mol. The summed E-state index contributed by atoms with van der Waals surface area (Å²) in [5, 5.41) is 12.9. The van der Waals surface area contributed by atoms with Crippen LogP contribution in [0.1, 0.15) is 33.3 Å². The van der Waals surface area contributed by atoms with Gasteiger partial charge >= 0.3 is 6.18 Å². The molecule has 2 aromatic rings. The number of benzene rings is 1. The minimum Gasteiger partial charge on any atom is -0.338 e. The summed E-state index contributed by atoms with van der Waals surface area (Å²) in [4.78, 5) is 37.2. The zero-order chi connectivity index (χ0) is 23.7. The van der Waals surface area contributed by atoms with E-state index in [0.717, 1.165) is 12.1 Å². The number of Topliss-reactive ketones (excluding diaryl/α,β-unsaturated/α-hetero) is 1. The highest BCUT2D eigenvalue weighted by molar-refractivity contribution is 9.11. The lowest BCUT2D eigenvalue weighted by molar-refractivity contribution is -0.156. The maximum atomic E-state index is 13.4. The van der Waals surface area contributed by atoms with Crippen molar-refractivity contribution in [1.29, 1.82) is 5.26 Å². The lowest BCUT2D eigenvalue weighted by Crippen LogP contribution is -2.45. The van der Waals surface area contributed by atoms with E-state index in [2.05, 4.69) is 37.2 Å². The number of ketones is 1. The summed E-state index contributed by atoms with van der Waals surface area (Å²) in [6, 6.07) is 2.64. The molecule has 1 atom stereocenters. The molecule has 0 saturated heterocycles. The Hall–Kier alpha value is -2.72. The van der Waals surface area contributed by atoms with Gasteiger partial charge in [-0.15, -0.1) is 0 Å². The van der Waals surface area contributed by atoms with Gasteiger partial charge in [0, 0.05) is 12.7 Å². The molecular weight excluding hydrogens is 556 g/mol. The molecule has 0 spiro atoms. The van der Waals surface area contributed by atoms with Crippen LogP contribution >= 0.6 is 31.9 Å².